The molecule has 1 heterocycles. The quantitative estimate of drug-likeness (QED) is 0.619. The van der Waals surface area contributed by atoms with Crippen LogP contribution in [0, 0.1) is 0 Å². The van der Waals surface area contributed by atoms with Crippen molar-refractivity contribution in [3.8, 4) is 5.75 Å². The van der Waals surface area contributed by atoms with E-state index in [4.69, 9.17) is 9.15 Å². The van der Waals surface area contributed by atoms with Crippen LogP contribution in [0.25, 0.3) is 11.0 Å². The van der Waals surface area contributed by atoms with Crippen LogP contribution in [0.2, 0.25) is 0 Å². The fraction of sp³-hybridized carbons (Fsp3) is 0.500. The zero-order valence-electron chi connectivity index (χ0n) is 13.8. The number of ether oxygens (including phenoxy) is 1. The van der Waals surface area contributed by atoms with Crippen molar-refractivity contribution in [3.63, 3.8) is 0 Å². The Kier molecular flexibility index (Phi) is 4.13. The number of hydrogen-bond acceptors (Lipinski definition) is 4. The summed E-state index contributed by atoms with van der Waals surface area (Å²) in [4.78, 5) is 24.3. The summed E-state index contributed by atoms with van der Waals surface area (Å²) >= 11 is 0. The average Bonchev–Trinajstić information content (AvgIpc) is 2.83. The molecule has 0 amide bonds. The molecule has 0 aliphatic heterocycles. The van der Waals surface area contributed by atoms with E-state index in [0.717, 1.165) is 67.9 Å². The third-order valence-electron chi connectivity index (χ3n) is 5.22. The Morgan fingerprint density at radius 1 is 0.917 bits per heavy atom. The summed E-state index contributed by atoms with van der Waals surface area (Å²) in [6.07, 6.45) is 8.04. The second-order valence-corrected chi connectivity index (χ2v) is 6.88. The van der Waals surface area contributed by atoms with Crippen LogP contribution in [0.15, 0.2) is 27.4 Å². The van der Waals surface area contributed by atoms with Crippen molar-refractivity contribution < 1.29 is 13.9 Å². The molecule has 0 saturated heterocycles. The molecule has 1 aromatic heterocycles. The molecule has 0 unspecified atom stereocenters. The van der Waals surface area contributed by atoms with Gasteiger partial charge in [-0.15, -0.1) is 0 Å². The monoisotopic (exact) mass is 326 g/mol. The highest BCUT2D eigenvalue weighted by molar-refractivity contribution is 5.85. The molecule has 1 fully saturated rings. The van der Waals surface area contributed by atoms with Gasteiger partial charge in [-0.05, 0) is 62.6 Å². The van der Waals surface area contributed by atoms with E-state index in [-0.39, 0.29) is 17.5 Å². The highest BCUT2D eigenvalue weighted by Crippen LogP contribution is 2.30. The van der Waals surface area contributed by atoms with Crippen LogP contribution in [0.1, 0.15) is 56.1 Å². The second kappa shape index (κ2) is 6.42. The van der Waals surface area contributed by atoms with Gasteiger partial charge in [-0.2, -0.15) is 0 Å². The molecule has 24 heavy (non-hydrogen) atoms. The lowest BCUT2D eigenvalue weighted by Crippen LogP contribution is -2.30. The molecule has 1 saturated carbocycles. The first-order valence-corrected chi connectivity index (χ1v) is 9.00. The zero-order chi connectivity index (χ0) is 16.5. The lowest BCUT2D eigenvalue weighted by atomic mass is 9.96. The van der Waals surface area contributed by atoms with Crippen molar-refractivity contribution in [3.05, 3.63) is 39.7 Å². The number of carbonyl (C=O) groups excluding carboxylic acids is 1. The number of carbonyl (C=O) groups is 1. The van der Waals surface area contributed by atoms with Crippen LogP contribution in [-0.2, 0) is 17.6 Å². The average molecular weight is 326 g/mol. The van der Waals surface area contributed by atoms with Gasteiger partial charge in [-0.1, -0.05) is 6.42 Å². The molecule has 0 radical (unpaired) electrons. The number of aryl methyl sites for hydroxylation is 1. The summed E-state index contributed by atoms with van der Waals surface area (Å²) in [7, 11) is 0. The topological polar surface area (TPSA) is 56.5 Å². The summed E-state index contributed by atoms with van der Waals surface area (Å²) in [5.41, 5.74) is 2.34. The smallest absolute Gasteiger partial charge is 0.339 e. The number of hydrogen-bond donors (Lipinski definition) is 0. The van der Waals surface area contributed by atoms with Gasteiger partial charge in [0.1, 0.15) is 11.3 Å². The number of Topliss-reactive ketones (excluding diaryl/α,β-unsaturated/α-hetero) is 1. The normalized spacial score (nSPS) is 21.3. The van der Waals surface area contributed by atoms with Gasteiger partial charge in [-0.3, -0.25) is 4.79 Å². The predicted molar refractivity (Wildman–Crippen MR) is 91.6 cm³/mol. The van der Waals surface area contributed by atoms with E-state index in [1.807, 2.05) is 12.1 Å². The van der Waals surface area contributed by atoms with Crippen LogP contribution < -0.4 is 10.4 Å². The molecule has 1 aromatic carbocycles. The Bertz CT molecular complexity index is 833. The largest absolute Gasteiger partial charge is 0.483 e. The number of rotatable bonds is 2. The molecule has 4 nitrogen and oxygen atoms in total. The van der Waals surface area contributed by atoms with Crippen LogP contribution in [-0.4, -0.2) is 11.9 Å². The first-order valence-electron chi connectivity index (χ1n) is 9.00. The SMILES string of the molecule is O=C1CCCC[C@@H]1Oc1ccc2c3c(c(=O)oc2c1)CCCCC3. The van der Waals surface area contributed by atoms with Crippen molar-refractivity contribution in [2.45, 2.75) is 63.9 Å². The summed E-state index contributed by atoms with van der Waals surface area (Å²) in [6.45, 7) is 0. The fourth-order valence-corrected chi connectivity index (χ4v) is 3.92. The van der Waals surface area contributed by atoms with Gasteiger partial charge >= 0.3 is 5.63 Å². The van der Waals surface area contributed by atoms with E-state index in [2.05, 4.69) is 0 Å². The molecule has 4 heteroatoms. The maximum atomic E-state index is 12.3. The van der Waals surface area contributed by atoms with Gasteiger partial charge in [0, 0.05) is 23.4 Å². The molecule has 0 spiro atoms. The lowest BCUT2D eigenvalue weighted by molar-refractivity contribution is -0.127. The highest BCUT2D eigenvalue weighted by Gasteiger charge is 2.24. The van der Waals surface area contributed by atoms with E-state index in [9.17, 15) is 9.59 Å². The van der Waals surface area contributed by atoms with E-state index in [1.165, 1.54) is 0 Å². The first kappa shape index (κ1) is 15.4. The number of ketones is 1. The maximum absolute atomic E-state index is 12.3. The van der Waals surface area contributed by atoms with Crippen molar-refractivity contribution in [1.82, 2.24) is 0 Å². The van der Waals surface area contributed by atoms with Gasteiger partial charge in [0.05, 0.1) is 0 Å². The van der Waals surface area contributed by atoms with Crippen molar-refractivity contribution in [2.75, 3.05) is 0 Å². The molecule has 2 aromatic rings. The second-order valence-electron chi connectivity index (χ2n) is 6.88. The van der Waals surface area contributed by atoms with Gasteiger partial charge in [0.2, 0.25) is 0 Å². The van der Waals surface area contributed by atoms with E-state index in [1.54, 1.807) is 6.07 Å². The summed E-state index contributed by atoms with van der Waals surface area (Å²) in [5, 5.41) is 1.01. The Hall–Kier alpha value is -2.10. The third kappa shape index (κ3) is 2.85. The van der Waals surface area contributed by atoms with Crippen molar-refractivity contribution in [2.24, 2.45) is 0 Å². The standard InChI is InChI=1S/C20H22O4/c21-17-8-4-5-9-18(17)23-13-10-11-15-14-6-2-1-3-7-16(14)20(22)24-19(15)12-13/h10-12,18H,1-9H2/t18-/m0/s1. The van der Waals surface area contributed by atoms with E-state index < -0.39 is 0 Å². The predicted octanol–water partition coefficient (Wildman–Crippen LogP) is 3.95. The van der Waals surface area contributed by atoms with Gasteiger partial charge in [0.15, 0.2) is 11.9 Å². The molecule has 1 atom stereocenters. The molecule has 126 valence electrons. The number of fused-ring (bicyclic) bond motifs is 3. The van der Waals surface area contributed by atoms with Gasteiger partial charge < -0.3 is 9.15 Å². The summed E-state index contributed by atoms with van der Waals surface area (Å²) < 4.78 is 11.4. The third-order valence-corrected chi connectivity index (χ3v) is 5.22. The summed E-state index contributed by atoms with van der Waals surface area (Å²) in [6, 6.07) is 5.64. The number of benzene rings is 1. The molecular weight excluding hydrogens is 304 g/mol. The Labute approximate surface area is 140 Å². The molecule has 2 aliphatic carbocycles. The lowest BCUT2D eigenvalue weighted by Gasteiger charge is -2.22. The van der Waals surface area contributed by atoms with E-state index in [0.29, 0.717) is 17.8 Å². The minimum absolute atomic E-state index is 0.171. The van der Waals surface area contributed by atoms with Crippen LogP contribution in [0.3, 0.4) is 0 Å². The summed E-state index contributed by atoms with van der Waals surface area (Å²) in [5.74, 6) is 0.782. The Morgan fingerprint density at radius 3 is 2.54 bits per heavy atom. The van der Waals surface area contributed by atoms with Crippen LogP contribution in [0.4, 0.5) is 0 Å². The Balaban J connectivity index is 1.71. The molecular formula is C20H22O4. The zero-order valence-corrected chi connectivity index (χ0v) is 13.8. The highest BCUT2D eigenvalue weighted by atomic mass is 16.5. The van der Waals surface area contributed by atoms with E-state index >= 15 is 0 Å². The molecule has 2 aliphatic rings. The minimum Gasteiger partial charge on any atom is -0.483 e. The first-order chi connectivity index (χ1) is 11.7. The van der Waals surface area contributed by atoms with Crippen LogP contribution >= 0.6 is 0 Å². The molecule has 0 N–H and O–H groups in total. The molecule has 0 bridgehead atoms. The minimum atomic E-state index is -0.358. The fourth-order valence-electron chi connectivity index (χ4n) is 3.92. The van der Waals surface area contributed by atoms with Crippen molar-refractivity contribution in [1.29, 1.82) is 0 Å². The van der Waals surface area contributed by atoms with Crippen molar-refractivity contribution >= 4 is 16.8 Å². The molecule has 4 rings (SSSR count). The van der Waals surface area contributed by atoms with Gasteiger partial charge in [0.25, 0.3) is 0 Å². The Morgan fingerprint density at radius 2 is 1.71 bits per heavy atom. The van der Waals surface area contributed by atoms with Gasteiger partial charge in [-0.25, -0.2) is 4.79 Å². The maximum Gasteiger partial charge on any atom is 0.339 e. The van der Waals surface area contributed by atoms with Crippen LogP contribution in [0.5, 0.6) is 5.75 Å².